The number of fused-ring (bicyclic) bond motifs is 1. The Morgan fingerprint density at radius 1 is 0.450 bits per heavy atom. The molecule has 0 N–H and O–H groups in total. The van der Waals surface area contributed by atoms with E-state index in [0.29, 0.717) is 34.5 Å². The van der Waals surface area contributed by atoms with E-state index >= 15 is 0 Å². The summed E-state index contributed by atoms with van der Waals surface area (Å²) in [5, 5.41) is 8.61. The van der Waals surface area contributed by atoms with E-state index in [2.05, 4.69) is 441 Å². The maximum atomic E-state index is 9.67. The fraction of sp³-hybridized carbons (Fsp3) is 0.349. The van der Waals surface area contributed by atoms with Gasteiger partial charge in [-0.15, -0.1) is 5.41 Å². The Labute approximate surface area is 983 Å². The molecule has 2 saturated carbocycles. The quantitative estimate of drug-likeness (QED) is 0.0237. The molecule has 0 aromatic heterocycles. The Kier molecular flexibility index (Phi) is 60.2. The zero-order chi connectivity index (χ0) is 107. The Bertz CT molecular complexity index is 5680. The van der Waals surface area contributed by atoms with Gasteiger partial charge in [-0.1, -0.05) is 297 Å². The fourth-order valence-electron chi connectivity index (χ4n) is 20.1. The van der Waals surface area contributed by atoms with E-state index in [9.17, 15) is 12.9 Å². The van der Waals surface area contributed by atoms with Crippen LogP contribution in [0.4, 0.5) is 24.3 Å². The molecule has 801 valence electrons. The number of rotatable bonds is 21. The second-order valence-corrected chi connectivity index (χ2v) is 66.8. The minimum absolute atomic E-state index is 0. The van der Waals surface area contributed by atoms with Crippen molar-refractivity contribution in [1.29, 1.82) is 0 Å². The maximum Gasteiger partial charge on any atom is 1.00 e. The number of ether oxygens (including phenoxy) is 2. The number of para-hydroxylation sites is 4. The molecule has 2 aliphatic heterocycles. The first-order chi connectivity index (χ1) is 69.5. The van der Waals surface area contributed by atoms with E-state index in [-0.39, 0.29) is 86.8 Å². The van der Waals surface area contributed by atoms with Crippen LogP contribution in [0.1, 0.15) is 276 Å². The molecule has 5 nitrogen and oxygen atoms in total. The van der Waals surface area contributed by atoms with Gasteiger partial charge in [0.05, 0.1) is 27.4 Å². The Morgan fingerprint density at radius 2 is 0.772 bits per heavy atom. The number of benzene rings is 12. The molecule has 2 spiro atoms. The smallest absolute Gasteiger partial charge is 1.00 e. The van der Waals surface area contributed by atoms with Crippen LogP contribution in [0.5, 0.6) is 11.5 Å². The summed E-state index contributed by atoms with van der Waals surface area (Å²) in [5.41, 5.74) is 17.4. The standard InChI is InChI=1S/2C23H36N.2C18H15P.C15H10.C12H16O.C10H12O.C6H16NSi2.CH4.BF3.5ClH.Cu.FH.K.2Ru/c2*1-17(2)19-11-10-12-20(18(3)4)21(19)24-16-23(15-22(24,5)6)13-8-7-9-14-23;2*1-4-10-16(11-5-1)19(17-12-6-2-7-13-17)18-14-8-3-9-15-18;1-2-6-12(7-3-1)15-11-10-13-8-4-5-9-14(13)15;1-4-7-11-8-5-6-9-12(11)13-10(2)3;1-8(2)11-10-7-5-4-6-9(10)3;1-8(2,3)7-9(4,5)6;;2-1(3)4;;;;;;;;;;/h2*10-12,16-18H,7-9,13-15H2,1-6H3;2*1-15H;1-9,11H;4-10H,1-3H3;3-8H,1-2H3;1,4H2,2-3,5-6H3;1H4;;5*1H;;1H;;;/q-1;+1;;;;;;+1;;;;;;;;+2;;+1;2*+2/p-4/b;;;;;7-4+;;;;;;;;;;;;;;. The van der Waals surface area contributed by atoms with Gasteiger partial charge in [0.2, 0.25) is 5.69 Å². The second-order valence-electron chi connectivity index (χ2n) is 42.1. The van der Waals surface area contributed by atoms with Gasteiger partial charge in [-0.2, -0.15) is 4.58 Å². The van der Waals surface area contributed by atoms with Crippen LogP contribution in [0.25, 0.3) is 16.3 Å². The fourth-order valence-corrected chi connectivity index (χ4v) is 36.1. The van der Waals surface area contributed by atoms with Crippen LogP contribution in [0, 0.1) is 30.5 Å². The molecule has 0 unspecified atom stereocenters. The van der Waals surface area contributed by atoms with Gasteiger partial charge >= 0.3 is 302 Å². The van der Waals surface area contributed by atoms with Crippen molar-refractivity contribution in [3.05, 3.63) is 408 Å². The molecule has 2 heterocycles. The van der Waals surface area contributed by atoms with Crippen LogP contribution in [-0.2, 0) is 42.1 Å². The molecule has 12 aromatic rings. The van der Waals surface area contributed by atoms with Crippen molar-refractivity contribution in [2.75, 3.05) is 4.90 Å². The molecule has 5 aliphatic rings. The van der Waals surface area contributed by atoms with E-state index in [1.807, 2.05) is 112 Å². The molecule has 23 heteroatoms. The summed E-state index contributed by atoms with van der Waals surface area (Å²) in [6, 6.07) is 113. The minimum atomic E-state index is -3.67. The summed E-state index contributed by atoms with van der Waals surface area (Å²) in [6.45, 7) is 57.8. The van der Waals surface area contributed by atoms with E-state index in [1.165, 1.54) is 165 Å². The van der Waals surface area contributed by atoms with Crippen molar-refractivity contribution in [3.63, 3.8) is 0 Å². The predicted molar refractivity (Wildman–Crippen MR) is 646 cm³/mol. The van der Waals surface area contributed by atoms with Crippen LogP contribution in [0.2, 0.25) is 26.2 Å². The summed E-state index contributed by atoms with van der Waals surface area (Å²) in [7, 11) is 20.0. The van der Waals surface area contributed by atoms with Crippen LogP contribution in [-0.4, -0.2) is 66.8 Å². The Balaban J connectivity index is 0.000000300. The van der Waals surface area contributed by atoms with Crippen molar-refractivity contribution in [2.24, 2.45) is 10.8 Å². The third-order valence-electron chi connectivity index (χ3n) is 25.6. The molecular weight excluding hydrogens is 2270 g/mol. The number of anilines is 1. The molecule has 17 rings (SSSR count). The van der Waals surface area contributed by atoms with Gasteiger partial charge in [0.25, 0.3) is 0 Å². The topological polar surface area (TPSA) is 38.8 Å². The van der Waals surface area contributed by atoms with Crippen molar-refractivity contribution in [3.8, 4) is 11.5 Å². The number of hydrogen-bond donors (Lipinski definition) is 0. The van der Waals surface area contributed by atoms with Crippen LogP contribution < -0.4 is 102 Å². The first kappa shape index (κ1) is 134. The van der Waals surface area contributed by atoms with E-state index in [4.69, 9.17) is 48.2 Å². The zero-order valence-electron chi connectivity index (χ0n) is 91.1. The van der Waals surface area contributed by atoms with E-state index in [1.54, 1.807) is 0 Å². The third-order valence-corrected chi connectivity index (χ3v) is 40.9. The minimum Gasteiger partial charge on any atom is -1.00 e. The average Bonchev–Trinajstić information content (AvgIpc) is 1.60. The van der Waals surface area contributed by atoms with Gasteiger partial charge < -0.3 is 19.0 Å². The molecule has 1 saturated heterocycles. The summed E-state index contributed by atoms with van der Waals surface area (Å²) in [6.07, 6.45) is 25.9. The normalized spacial score (nSPS) is 14.8. The van der Waals surface area contributed by atoms with Gasteiger partial charge in [0.15, 0.2) is 28.2 Å². The first-order valence-electron chi connectivity index (χ1n) is 51.3. The molecule has 0 radical (unpaired) electrons. The second kappa shape index (κ2) is 67.0. The number of allylic oxidation sites excluding steroid dienone is 2. The number of hydrogen-bond acceptors (Lipinski definition) is 3. The summed E-state index contributed by atoms with van der Waals surface area (Å²) >= 11 is 0.00912. The van der Waals surface area contributed by atoms with Crippen LogP contribution in [0.3, 0.4) is 0 Å². The molecule has 0 bridgehead atoms. The number of halogens is 9. The Morgan fingerprint density at radius 3 is 1.11 bits per heavy atom. The third kappa shape index (κ3) is 43.5. The molecule has 149 heavy (non-hydrogen) atoms. The monoisotopic (exact) mass is 2430 g/mol. The predicted octanol–water partition coefficient (Wildman–Crippen LogP) is 30.5. The molecule has 0 atom stereocenters. The van der Waals surface area contributed by atoms with Gasteiger partial charge in [-0.25, -0.2) is 6.54 Å². The first-order valence-corrected chi connectivity index (χ1v) is 72.7. The van der Waals surface area contributed by atoms with E-state index < -0.39 is 66.9 Å². The van der Waals surface area contributed by atoms with Gasteiger partial charge in [-0.05, 0) is 200 Å². The number of nitrogens with zero attached hydrogens (tertiary/aromatic N) is 3. The maximum absolute atomic E-state index is 9.67. The van der Waals surface area contributed by atoms with Gasteiger partial charge in [0, 0.05) is 48.2 Å². The van der Waals surface area contributed by atoms with Gasteiger partial charge in [0.1, 0.15) is 37.6 Å². The van der Waals surface area contributed by atoms with Crippen LogP contribution >= 0.6 is 64.7 Å². The molecule has 12 aromatic carbocycles. The summed E-state index contributed by atoms with van der Waals surface area (Å²) in [4.78, 5) is 2.68. The van der Waals surface area contributed by atoms with Crippen LogP contribution in [0.15, 0.2) is 334 Å². The summed E-state index contributed by atoms with van der Waals surface area (Å²) < 4.78 is 50.6. The van der Waals surface area contributed by atoms with E-state index in [0.717, 1.165) is 26.7 Å². The SMILES string of the molecule is C.C/C=C/c1ccccc1OC(C)C.CC(C)Oc1ccccc1[CH]=[Ru]([Cl])[Cl].CC(C)c1cccc(C(C)C)c1N1[CH-]C2(CCCCC2)CC1(C)C.CC(C)c1cccc(C(C)C)c1[N+]1=CC2(CCCCC2)CC1(C)C.FB(F)F.[CH2+][Si](C)(C)[N-][Si]([CH2+])(C)C.[Cl][Cu+].[Cl][Ru]([Cl])=[C]1C=C(c2ccccc2)c2ccccc21.[F-].[K+].c1ccc([PH+](c2ccccc2)c2ccccc2)cc1.c1ccc([PH+](c2ccccc2)c2ccccc2)cc1. The van der Waals surface area contributed by atoms with Crippen molar-refractivity contribution >= 4 is 159 Å². The largest absolute Gasteiger partial charge is 1.00 e. The zero-order valence-corrected chi connectivity index (χ0v) is 106. The molecular formula is C126H162BCl5CuF4KN3O2P2Ru2Si2+4. The molecule has 3 aliphatic carbocycles. The Hall–Kier alpha value is -5.44. The average molecular weight is 2440 g/mol. The van der Waals surface area contributed by atoms with Gasteiger partial charge in [-0.3, -0.25) is 12.9 Å². The van der Waals surface area contributed by atoms with Crippen molar-refractivity contribution < 1.29 is 125 Å². The van der Waals surface area contributed by atoms with Crippen molar-refractivity contribution in [1.82, 2.24) is 0 Å². The molecule has 3 fully saturated rings. The molecule has 0 amide bonds. The summed E-state index contributed by atoms with van der Waals surface area (Å²) in [5.74, 6) is 4.05. The van der Waals surface area contributed by atoms with Crippen molar-refractivity contribution in [2.45, 2.75) is 275 Å².